The van der Waals surface area contributed by atoms with E-state index in [1.165, 1.54) is 33.7 Å². The number of amides is 2. The molecule has 1 aromatic carbocycles. The first-order valence-electron chi connectivity index (χ1n) is 12.4. The summed E-state index contributed by atoms with van der Waals surface area (Å²) in [6.07, 6.45) is 0.643. The number of likely N-dealkylation sites (N-methyl/N-ethyl adjacent to an activating group) is 1. The van der Waals surface area contributed by atoms with Crippen LogP contribution in [0.4, 0.5) is 0 Å². The van der Waals surface area contributed by atoms with E-state index in [1.54, 1.807) is 23.1 Å². The van der Waals surface area contributed by atoms with Crippen LogP contribution in [0.3, 0.4) is 0 Å². The second kappa shape index (κ2) is 12.0. The summed E-state index contributed by atoms with van der Waals surface area (Å²) in [5.74, 6) is -0.658. The van der Waals surface area contributed by atoms with Crippen molar-refractivity contribution >= 4 is 68.1 Å². The first-order valence-corrected chi connectivity index (χ1v) is 15.1. The number of thiazole rings is 1. The van der Waals surface area contributed by atoms with Gasteiger partial charge in [0, 0.05) is 73.4 Å². The Morgan fingerprint density at radius 1 is 1.27 bits per heavy atom. The van der Waals surface area contributed by atoms with Gasteiger partial charge in [-0.3, -0.25) is 9.59 Å². The summed E-state index contributed by atoms with van der Waals surface area (Å²) in [7, 11) is -0.428. The van der Waals surface area contributed by atoms with E-state index in [4.69, 9.17) is 16.9 Å². The van der Waals surface area contributed by atoms with E-state index in [0.717, 1.165) is 30.1 Å². The Morgan fingerprint density at radius 3 is 2.80 bits per heavy atom. The minimum Gasteiger partial charge on any atom is -0.345 e. The van der Waals surface area contributed by atoms with Crippen LogP contribution in [-0.2, 0) is 27.8 Å². The molecule has 1 N–H and O–H groups in total. The number of hydrogen-bond acceptors (Lipinski definition) is 8. The van der Waals surface area contributed by atoms with Crippen LogP contribution in [0.15, 0.2) is 29.3 Å². The Labute approximate surface area is 247 Å². The molecule has 11 nitrogen and oxygen atoms in total. The molecule has 4 heterocycles. The molecule has 15 heteroatoms. The lowest BCUT2D eigenvalue weighted by molar-refractivity contribution is -0.130. The number of carbonyl (C=O) groups excluding carboxylic acids is 2. The number of rotatable bonds is 6. The zero-order valence-electron chi connectivity index (χ0n) is 22.0. The summed E-state index contributed by atoms with van der Waals surface area (Å²) >= 11 is 7.42. The molecule has 2 aliphatic rings. The highest BCUT2D eigenvalue weighted by Gasteiger charge is 2.39. The van der Waals surface area contributed by atoms with Crippen LogP contribution in [-0.4, -0.2) is 102 Å². The minimum atomic E-state index is -3.96. The van der Waals surface area contributed by atoms with Crippen LogP contribution in [0.25, 0.3) is 10.9 Å². The number of nitrogens with one attached hydrogen (secondary N) is 1. The molecular weight excluding hydrogens is 597 g/mol. The first-order chi connectivity index (χ1) is 18.6. The molecule has 1 atom stereocenters. The van der Waals surface area contributed by atoms with E-state index in [0.29, 0.717) is 20.9 Å². The lowest BCUT2D eigenvalue weighted by atomic mass is 10.1. The molecule has 0 radical (unpaired) electrons. The van der Waals surface area contributed by atoms with Gasteiger partial charge in [-0.05, 0) is 31.3 Å². The highest BCUT2D eigenvalue weighted by atomic mass is 35.5. The van der Waals surface area contributed by atoms with Crippen molar-refractivity contribution < 1.29 is 18.0 Å². The molecule has 0 spiro atoms. The van der Waals surface area contributed by atoms with Crippen molar-refractivity contribution in [2.75, 3.05) is 46.8 Å². The monoisotopic (exact) mass is 625 g/mol. The van der Waals surface area contributed by atoms with Crippen molar-refractivity contribution in [3.63, 3.8) is 0 Å². The Kier molecular flexibility index (Phi) is 9.08. The van der Waals surface area contributed by atoms with Gasteiger partial charge in [0.1, 0.15) is 11.6 Å². The van der Waals surface area contributed by atoms with Crippen molar-refractivity contribution in [1.82, 2.24) is 29.0 Å². The summed E-state index contributed by atoms with van der Waals surface area (Å²) < 4.78 is 28.5. The number of nitrogens with zero attached hydrogens (tertiary/aromatic N) is 6. The average molecular weight is 627 g/mol. The van der Waals surface area contributed by atoms with Crippen molar-refractivity contribution in [3.05, 3.63) is 44.9 Å². The van der Waals surface area contributed by atoms with Gasteiger partial charge in [-0.2, -0.15) is 9.57 Å². The van der Waals surface area contributed by atoms with E-state index < -0.39 is 16.1 Å². The van der Waals surface area contributed by atoms with Crippen molar-refractivity contribution in [2.24, 2.45) is 0 Å². The molecule has 3 aromatic rings. The highest BCUT2D eigenvalue weighted by Crippen LogP contribution is 2.29. The number of aromatic nitrogens is 2. The van der Waals surface area contributed by atoms with Crippen LogP contribution < -0.4 is 0 Å². The van der Waals surface area contributed by atoms with E-state index in [1.807, 2.05) is 13.1 Å². The van der Waals surface area contributed by atoms with Crippen LogP contribution in [0.5, 0.6) is 0 Å². The Hall–Kier alpha value is -2.73. The fourth-order valence-corrected chi connectivity index (χ4v) is 7.74. The van der Waals surface area contributed by atoms with Gasteiger partial charge in [0.2, 0.25) is 5.91 Å². The third-order valence-electron chi connectivity index (χ3n) is 7.13. The van der Waals surface area contributed by atoms with Gasteiger partial charge in [0.25, 0.3) is 15.9 Å². The Bertz CT molecular complexity index is 1580. The standard InChI is InChI=1S/C25H28ClN7O4S2.ClH/c1-30-7-5-20-21(15-30)38-24(29-20)25(35)33-10-9-32(14-18(33)13-23(34)31(2)8-6-27)39(36,37)22-12-16-11-17(26)3-4-19(16)28-22;/h3-4,11-12,18,28H,5,7-10,13-15H2,1-2H3;1H. The van der Waals surface area contributed by atoms with Gasteiger partial charge in [0.05, 0.1) is 17.8 Å². The predicted molar refractivity (Wildman–Crippen MR) is 154 cm³/mol. The van der Waals surface area contributed by atoms with Gasteiger partial charge >= 0.3 is 0 Å². The lowest BCUT2D eigenvalue weighted by Crippen LogP contribution is -2.57. The third kappa shape index (κ3) is 5.97. The molecule has 2 aliphatic heterocycles. The Morgan fingerprint density at radius 2 is 2.05 bits per heavy atom. The zero-order valence-corrected chi connectivity index (χ0v) is 25.2. The molecule has 0 saturated carbocycles. The quantitative estimate of drug-likeness (QED) is 0.416. The van der Waals surface area contributed by atoms with Gasteiger partial charge in [-0.15, -0.1) is 23.7 Å². The normalized spacial score (nSPS) is 18.1. The number of benzene rings is 1. The smallest absolute Gasteiger partial charge is 0.283 e. The largest absolute Gasteiger partial charge is 0.345 e. The van der Waals surface area contributed by atoms with E-state index in [-0.39, 0.29) is 61.8 Å². The van der Waals surface area contributed by atoms with Gasteiger partial charge in [0.15, 0.2) is 5.01 Å². The summed E-state index contributed by atoms with van der Waals surface area (Å²) in [6.45, 7) is 1.59. The molecule has 2 amide bonds. The van der Waals surface area contributed by atoms with Crippen molar-refractivity contribution in [3.8, 4) is 6.07 Å². The molecule has 1 saturated heterocycles. The highest BCUT2D eigenvalue weighted by molar-refractivity contribution is 7.89. The maximum absolute atomic E-state index is 13.7. The van der Waals surface area contributed by atoms with Crippen LogP contribution in [0, 0.1) is 11.3 Å². The molecular formula is C25H29Cl2N7O4S2. The van der Waals surface area contributed by atoms with Gasteiger partial charge in [-0.25, -0.2) is 13.4 Å². The number of hydrogen-bond donors (Lipinski definition) is 1. The lowest BCUT2D eigenvalue weighted by Gasteiger charge is -2.40. The van der Waals surface area contributed by atoms with Crippen molar-refractivity contribution in [2.45, 2.75) is 30.5 Å². The fraction of sp³-hybridized carbons (Fsp3) is 0.440. The zero-order chi connectivity index (χ0) is 27.9. The maximum atomic E-state index is 13.7. The minimum absolute atomic E-state index is 0. The molecule has 40 heavy (non-hydrogen) atoms. The Balaban J connectivity index is 0.00000370. The van der Waals surface area contributed by atoms with Crippen LogP contribution in [0.1, 0.15) is 26.8 Å². The number of carbonyl (C=O) groups is 2. The molecule has 1 fully saturated rings. The van der Waals surface area contributed by atoms with E-state index in [9.17, 15) is 18.0 Å². The first kappa shape index (κ1) is 30.2. The number of halogens is 2. The number of aromatic amines is 1. The van der Waals surface area contributed by atoms with Gasteiger partial charge in [-0.1, -0.05) is 11.6 Å². The summed E-state index contributed by atoms with van der Waals surface area (Å²) in [6, 6.07) is 7.82. The topological polar surface area (TPSA) is 134 Å². The number of H-pyrrole nitrogens is 1. The molecule has 5 rings (SSSR count). The maximum Gasteiger partial charge on any atom is 0.283 e. The molecule has 2 aromatic heterocycles. The summed E-state index contributed by atoms with van der Waals surface area (Å²) in [5.41, 5.74) is 1.55. The van der Waals surface area contributed by atoms with Gasteiger partial charge < -0.3 is 19.7 Å². The third-order valence-corrected chi connectivity index (χ3v) is 10.2. The second-order valence-electron chi connectivity index (χ2n) is 9.87. The number of sulfonamides is 1. The average Bonchev–Trinajstić information content (AvgIpc) is 3.52. The number of nitriles is 1. The summed E-state index contributed by atoms with van der Waals surface area (Å²) in [4.78, 5) is 40.2. The molecule has 0 bridgehead atoms. The SMILES string of the molecule is CN1CCc2nc(C(=O)N3CCN(S(=O)(=O)c4cc5cc(Cl)ccc5[nH]4)CC3CC(=O)N(C)CC#N)sc2C1.Cl. The predicted octanol–water partition coefficient (Wildman–Crippen LogP) is 2.57. The fourth-order valence-electron chi connectivity index (χ4n) is 4.93. The van der Waals surface area contributed by atoms with Crippen LogP contribution in [0.2, 0.25) is 5.02 Å². The summed E-state index contributed by atoms with van der Waals surface area (Å²) in [5, 5.41) is 10.5. The van der Waals surface area contributed by atoms with E-state index in [2.05, 4.69) is 14.9 Å². The van der Waals surface area contributed by atoms with Crippen molar-refractivity contribution in [1.29, 1.82) is 5.26 Å². The molecule has 214 valence electrons. The number of fused-ring (bicyclic) bond motifs is 2. The van der Waals surface area contributed by atoms with Crippen LogP contribution >= 0.6 is 35.3 Å². The number of piperazine rings is 1. The molecule has 0 aliphatic carbocycles. The molecule has 1 unspecified atom stereocenters. The van der Waals surface area contributed by atoms with E-state index >= 15 is 0 Å². The second-order valence-corrected chi connectivity index (χ2v) is 13.3.